The molecule has 0 bridgehead atoms. The van der Waals surface area contributed by atoms with Crippen LogP contribution in [0.15, 0.2) is 47.8 Å². The molecule has 2 N–H and O–H groups in total. The average molecular weight is 413 g/mol. The number of thiazole rings is 1. The summed E-state index contributed by atoms with van der Waals surface area (Å²) in [4.78, 5) is 17.8. The summed E-state index contributed by atoms with van der Waals surface area (Å²) in [5.41, 5.74) is 3.93. The van der Waals surface area contributed by atoms with Crippen molar-refractivity contribution >= 4 is 17.2 Å². The highest BCUT2D eigenvalue weighted by Crippen LogP contribution is 2.33. The first-order valence-electron chi connectivity index (χ1n) is 9.33. The van der Waals surface area contributed by atoms with Crippen LogP contribution in [-0.2, 0) is 13.1 Å². The van der Waals surface area contributed by atoms with E-state index >= 15 is 0 Å². The Morgan fingerprint density at radius 1 is 1.07 bits per heavy atom. The van der Waals surface area contributed by atoms with Crippen molar-refractivity contribution in [1.82, 2.24) is 10.3 Å². The molecule has 1 aromatic heterocycles. The number of methoxy groups -OCH3 is 2. The Morgan fingerprint density at radius 3 is 2.45 bits per heavy atom. The molecule has 0 saturated heterocycles. The Balaban J connectivity index is 1.64. The molecule has 0 spiro atoms. The van der Waals surface area contributed by atoms with Gasteiger partial charge in [-0.05, 0) is 30.3 Å². The van der Waals surface area contributed by atoms with Crippen LogP contribution in [0.4, 0.5) is 0 Å². The van der Waals surface area contributed by atoms with Gasteiger partial charge in [-0.1, -0.05) is 12.1 Å². The second-order valence-electron chi connectivity index (χ2n) is 6.80. The minimum atomic E-state index is -0.0672. The predicted octanol–water partition coefficient (Wildman–Crippen LogP) is 2.40. The Kier molecular flexibility index (Phi) is 6.85. The van der Waals surface area contributed by atoms with Gasteiger partial charge >= 0.3 is 0 Å². The summed E-state index contributed by atoms with van der Waals surface area (Å²) in [6.07, 6.45) is 0. The predicted molar refractivity (Wildman–Crippen MR) is 115 cm³/mol. The van der Waals surface area contributed by atoms with E-state index in [2.05, 4.69) is 17.7 Å². The van der Waals surface area contributed by atoms with Gasteiger partial charge in [-0.15, -0.1) is 11.3 Å². The van der Waals surface area contributed by atoms with Gasteiger partial charge in [-0.2, -0.15) is 0 Å². The van der Waals surface area contributed by atoms with E-state index in [4.69, 9.17) is 14.5 Å². The molecule has 0 aliphatic carbocycles. The van der Waals surface area contributed by atoms with Crippen molar-refractivity contribution in [3.05, 3.63) is 64.7 Å². The Morgan fingerprint density at radius 2 is 1.79 bits per heavy atom. The summed E-state index contributed by atoms with van der Waals surface area (Å²) in [6.45, 7) is 1.68. The first-order chi connectivity index (χ1) is 14.0. The van der Waals surface area contributed by atoms with E-state index in [0.717, 1.165) is 29.4 Å². The highest BCUT2D eigenvalue weighted by atomic mass is 32.1. The SMILES string of the molecule is CNC(=O)c1ccc(C[NH+](C)Cc2csc(-c3ccc(OC)c(OC)c3)n2)cc1. The number of nitrogens with one attached hydrogen (secondary N) is 2. The molecule has 1 heterocycles. The van der Waals surface area contributed by atoms with Crippen LogP contribution >= 0.6 is 11.3 Å². The van der Waals surface area contributed by atoms with Gasteiger partial charge in [0.1, 0.15) is 23.8 Å². The number of ether oxygens (including phenoxy) is 2. The van der Waals surface area contributed by atoms with Crippen LogP contribution in [0.3, 0.4) is 0 Å². The molecule has 2 aromatic carbocycles. The smallest absolute Gasteiger partial charge is 0.251 e. The topological polar surface area (TPSA) is 64.9 Å². The van der Waals surface area contributed by atoms with Crippen molar-refractivity contribution < 1.29 is 19.2 Å². The zero-order valence-corrected chi connectivity index (χ0v) is 17.9. The van der Waals surface area contributed by atoms with Crippen LogP contribution in [0.5, 0.6) is 11.5 Å². The van der Waals surface area contributed by atoms with Crippen LogP contribution in [0.1, 0.15) is 21.6 Å². The molecular formula is C22H26N3O3S+. The minimum absolute atomic E-state index is 0.0672. The molecular weight excluding hydrogens is 386 g/mol. The van der Waals surface area contributed by atoms with E-state index in [-0.39, 0.29) is 5.91 Å². The Labute approximate surface area is 175 Å². The molecule has 0 fully saturated rings. The van der Waals surface area contributed by atoms with Crippen molar-refractivity contribution in [3.63, 3.8) is 0 Å². The molecule has 3 rings (SSSR count). The quantitative estimate of drug-likeness (QED) is 0.596. The molecule has 0 radical (unpaired) electrons. The standard InChI is InChI=1S/C22H25N3O3S/c1-23-21(26)16-7-5-15(6-8-16)12-25(2)13-18-14-29-22(24-18)17-9-10-19(27-3)20(11-17)28-4/h5-11,14H,12-13H2,1-4H3,(H,23,26)/p+1. The van der Waals surface area contributed by atoms with Gasteiger partial charge in [0.15, 0.2) is 11.5 Å². The molecule has 1 unspecified atom stereocenters. The molecule has 29 heavy (non-hydrogen) atoms. The van der Waals surface area contributed by atoms with E-state index < -0.39 is 0 Å². The van der Waals surface area contributed by atoms with Gasteiger partial charge in [0.25, 0.3) is 5.91 Å². The largest absolute Gasteiger partial charge is 0.493 e. The summed E-state index contributed by atoms with van der Waals surface area (Å²) in [5.74, 6) is 1.34. The lowest BCUT2D eigenvalue weighted by molar-refractivity contribution is -0.908. The fraction of sp³-hybridized carbons (Fsp3) is 0.273. The third-order valence-corrected chi connectivity index (χ3v) is 5.55. The van der Waals surface area contributed by atoms with E-state index in [0.29, 0.717) is 17.1 Å². The second-order valence-corrected chi connectivity index (χ2v) is 7.66. The van der Waals surface area contributed by atoms with E-state index in [9.17, 15) is 4.79 Å². The number of aromatic nitrogens is 1. The molecule has 7 heteroatoms. The summed E-state index contributed by atoms with van der Waals surface area (Å²) in [6, 6.07) is 13.6. The maximum atomic E-state index is 11.6. The van der Waals surface area contributed by atoms with E-state index in [1.54, 1.807) is 32.6 Å². The first kappa shape index (κ1) is 20.8. The number of quaternary nitrogens is 1. The Bertz CT molecular complexity index is 970. The number of carbonyl (C=O) groups excluding carboxylic acids is 1. The lowest BCUT2D eigenvalue weighted by atomic mass is 10.1. The summed E-state index contributed by atoms with van der Waals surface area (Å²) < 4.78 is 10.7. The highest BCUT2D eigenvalue weighted by molar-refractivity contribution is 7.13. The van der Waals surface area contributed by atoms with E-state index in [1.807, 2.05) is 42.5 Å². The number of carbonyl (C=O) groups is 1. The fourth-order valence-electron chi connectivity index (χ4n) is 3.13. The summed E-state index contributed by atoms with van der Waals surface area (Å²) in [7, 11) is 7.04. The summed E-state index contributed by atoms with van der Waals surface area (Å²) in [5, 5.41) is 5.70. The van der Waals surface area contributed by atoms with Gasteiger partial charge in [0.05, 0.1) is 21.3 Å². The van der Waals surface area contributed by atoms with E-state index in [1.165, 1.54) is 10.5 Å². The number of nitrogens with zero attached hydrogens (tertiary/aromatic N) is 1. The monoisotopic (exact) mass is 412 g/mol. The van der Waals surface area contributed by atoms with Crippen molar-refractivity contribution in [2.24, 2.45) is 0 Å². The molecule has 0 aliphatic rings. The maximum absolute atomic E-state index is 11.6. The average Bonchev–Trinajstić information content (AvgIpc) is 3.21. The van der Waals surface area contributed by atoms with Crippen LogP contribution in [0.2, 0.25) is 0 Å². The molecule has 3 aromatic rings. The molecule has 6 nitrogen and oxygen atoms in total. The van der Waals surface area contributed by atoms with Crippen LogP contribution in [-0.4, -0.2) is 39.2 Å². The third-order valence-electron chi connectivity index (χ3n) is 4.61. The van der Waals surface area contributed by atoms with Crippen molar-refractivity contribution in [2.45, 2.75) is 13.1 Å². The molecule has 0 saturated carbocycles. The normalized spacial score (nSPS) is 11.7. The van der Waals surface area contributed by atoms with Gasteiger partial charge in [0, 0.05) is 29.1 Å². The van der Waals surface area contributed by atoms with Gasteiger partial charge < -0.3 is 19.7 Å². The number of amides is 1. The number of benzene rings is 2. The highest BCUT2D eigenvalue weighted by Gasteiger charge is 2.13. The van der Waals surface area contributed by atoms with Gasteiger partial charge in [-0.25, -0.2) is 4.98 Å². The maximum Gasteiger partial charge on any atom is 0.251 e. The molecule has 1 atom stereocenters. The van der Waals surface area contributed by atoms with Crippen molar-refractivity contribution in [3.8, 4) is 22.1 Å². The van der Waals surface area contributed by atoms with Gasteiger partial charge in [0.2, 0.25) is 0 Å². The lowest BCUT2D eigenvalue weighted by Gasteiger charge is -2.13. The van der Waals surface area contributed by atoms with Crippen LogP contribution in [0.25, 0.3) is 10.6 Å². The minimum Gasteiger partial charge on any atom is -0.493 e. The second kappa shape index (κ2) is 9.54. The van der Waals surface area contributed by atoms with Crippen molar-refractivity contribution in [2.75, 3.05) is 28.3 Å². The summed E-state index contributed by atoms with van der Waals surface area (Å²) >= 11 is 1.63. The van der Waals surface area contributed by atoms with Gasteiger partial charge in [-0.3, -0.25) is 4.79 Å². The fourth-order valence-corrected chi connectivity index (χ4v) is 3.95. The zero-order chi connectivity index (χ0) is 20.8. The number of hydrogen-bond acceptors (Lipinski definition) is 5. The van der Waals surface area contributed by atoms with Crippen molar-refractivity contribution in [1.29, 1.82) is 0 Å². The van der Waals surface area contributed by atoms with Crippen LogP contribution in [0, 0.1) is 0 Å². The third kappa shape index (κ3) is 5.13. The first-order valence-corrected chi connectivity index (χ1v) is 10.2. The molecule has 0 aliphatic heterocycles. The number of hydrogen-bond donors (Lipinski definition) is 2. The van der Waals surface area contributed by atoms with Crippen LogP contribution < -0.4 is 19.7 Å². The zero-order valence-electron chi connectivity index (χ0n) is 17.1. The molecule has 1 amide bonds. The Hall–Kier alpha value is -2.90. The lowest BCUT2D eigenvalue weighted by Crippen LogP contribution is -3.06. The molecule has 152 valence electrons. The number of rotatable bonds is 8.